The van der Waals surface area contributed by atoms with Gasteiger partial charge in [-0.05, 0) is 49.4 Å². The maximum absolute atomic E-state index is 12.5. The molecule has 26 heavy (non-hydrogen) atoms. The van der Waals surface area contributed by atoms with Crippen LogP contribution in [-0.2, 0) is 4.79 Å². The second-order valence-electron chi connectivity index (χ2n) is 5.82. The van der Waals surface area contributed by atoms with E-state index in [2.05, 4.69) is 36.3 Å². The lowest BCUT2D eigenvalue weighted by Gasteiger charge is -2.15. The molecule has 1 N–H and O–H groups in total. The van der Waals surface area contributed by atoms with E-state index in [0.29, 0.717) is 10.6 Å². The molecule has 5 nitrogen and oxygen atoms in total. The predicted octanol–water partition coefficient (Wildman–Crippen LogP) is 4.54. The number of thioether (sulfide) groups is 1. The molecule has 0 fully saturated rings. The van der Waals surface area contributed by atoms with Gasteiger partial charge in [0.05, 0.1) is 16.5 Å². The Morgan fingerprint density at radius 3 is 2.96 bits per heavy atom. The molecule has 0 spiro atoms. The summed E-state index contributed by atoms with van der Waals surface area (Å²) in [5.74, 6) is -0.149. The molecule has 132 valence electrons. The number of hydrogen-bond donors (Lipinski definition) is 1. The molecule has 7 heteroatoms. The molecular formula is C19H18N4OS2. The molecule has 1 amide bonds. The van der Waals surface area contributed by atoms with Crippen LogP contribution in [0.3, 0.4) is 0 Å². The minimum absolute atomic E-state index is 0.149. The van der Waals surface area contributed by atoms with E-state index in [9.17, 15) is 4.79 Å². The summed E-state index contributed by atoms with van der Waals surface area (Å²) < 4.78 is 2.00. The third-order valence-corrected chi connectivity index (χ3v) is 6.03. The van der Waals surface area contributed by atoms with Gasteiger partial charge in [-0.3, -0.25) is 9.36 Å². The average Bonchev–Trinajstić information content (AvgIpc) is 3.26. The fraction of sp³-hybridized carbons (Fsp3) is 0.211. The zero-order chi connectivity index (χ0) is 18.7. The van der Waals surface area contributed by atoms with Crippen LogP contribution in [0.4, 0.5) is 5.00 Å². The van der Waals surface area contributed by atoms with Crippen LogP contribution in [0.2, 0.25) is 0 Å². The summed E-state index contributed by atoms with van der Waals surface area (Å²) in [7, 11) is 0. The Bertz CT molecular complexity index is 984. The number of aromatic nitrogens is 2. The molecule has 1 unspecified atom stereocenters. The lowest BCUT2D eigenvalue weighted by Crippen LogP contribution is -2.22. The summed E-state index contributed by atoms with van der Waals surface area (Å²) in [6.07, 6.45) is 3.64. The number of carbonyl (C=O) groups excluding carboxylic acids is 1. The highest BCUT2D eigenvalue weighted by molar-refractivity contribution is 8.00. The number of thiophene rings is 1. The first kappa shape index (κ1) is 18.2. The monoisotopic (exact) mass is 382 g/mol. The fourth-order valence-corrected chi connectivity index (χ4v) is 4.09. The largest absolute Gasteiger partial charge is 0.316 e. The number of nitrogens with one attached hydrogen (secondary N) is 1. The van der Waals surface area contributed by atoms with Gasteiger partial charge in [0.1, 0.15) is 11.1 Å². The van der Waals surface area contributed by atoms with Crippen molar-refractivity contribution >= 4 is 34.0 Å². The Hall–Kier alpha value is -2.56. The molecular weight excluding hydrogens is 364 g/mol. The molecule has 0 saturated carbocycles. The molecule has 0 radical (unpaired) electrons. The quantitative estimate of drug-likeness (QED) is 0.658. The minimum Gasteiger partial charge on any atom is -0.316 e. The SMILES string of the molecule is Cc1cccc(-n2ccnc2SC(C)C(=O)Nc2sccc2C#N)c1C. The second-order valence-corrected chi connectivity index (χ2v) is 8.05. The van der Waals surface area contributed by atoms with Crippen LogP contribution in [0, 0.1) is 25.2 Å². The van der Waals surface area contributed by atoms with Crippen molar-refractivity contribution in [3.05, 3.63) is 58.7 Å². The van der Waals surface area contributed by atoms with Gasteiger partial charge in [0.25, 0.3) is 0 Å². The number of imidazole rings is 1. The van der Waals surface area contributed by atoms with Crippen LogP contribution in [0.25, 0.3) is 5.69 Å². The van der Waals surface area contributed by atoms with Crippen molar-refractivity contribution in [3.8, 4) is 11.8 Å². The summed E-state index contributed by atoms with van der Waals surface area (Å²) in [6.45, 7) is 5.99. The Morgan fingerprint density at radius 1 is 1.38 bits per heavy atom. The number of amides is 1. The van der Waals surface area contributed by atoms with Crippen LogP contribution in [-0.4, -0.2) is 20.7 Å². The van der Waals surface area contributed by atoms with Crippen molar-refractivity contribution in [1.82, 2.24) is 9.55 Å². The topological polar surface area (TPSA) is 70.7 Å². The number of anilines is 1. The van der Waals surface area contributed by atoms with E-state index in [0.717, 1.165) is 10.8 Å². The van der Waals surface area contributed by atoms with E-state index in [1.807, 2.05) is 29.8 Å². The third kappa shape index (κ3) is 3.66. The molecule has 1 aromatic carbocycles. The van der Waals surface area contributed by atoms with Gasteiger partial charge in [-0.15, -0.1) is 11.3 Å². The molecule has 3 rings (SSSR count). The van der Waals surface area contributed by atoms with E-state index in [1.165, 1.54) is 34.2 Å². The zero-order valence-corrected chi connectivity index (χ0v) is 16.3. The summed E-state index contributed by atoms with van der Waals surface area (Å²) >= 11 is 2.74. The maximum atomic E-state index is 12.5. The molecule has 1 atom stereocenters. The highest BCUT2D eigenvalue weighted by atomic mass is 32.2. The van der Waals surface area contributed by atoms with Crippen molar-refractivity contribution < 1.29 is 4.79 Å². The summed E-state index contributed by atoms with van der Waals surface area (Å²) in [6, 6.07) is 9.92. The Morgan fingerprint density at radius 2 is 2.19 bits per heavy atom. The molecule has 3 aromatic rings. The molecule has 0 bridgehead atoms. The Labute approximate surface area is 160 Å². The maximum Gasteiger partial charge on any atom is 0.238 e. The van der Waals surface area contributed by atoms with E-state index in [-0.39, 0.29) is 11.2 Å². The number of nitriles is 1. The number of benzene rings is 1. The molecule has 2 aromatic heterocycles. The number of aryl methyl sites for hydroxylation is 1. The highest BCUT2D eigenvalue weighted by Gasteiger charge is 2.20. The zero-order valence-electron chi connectivity index (χ0n) is 14.7. The van der Waals surface area contributed by atoms with Crippen LogP contribution in [0.15, 0.2) is 47.2 Å². The van der Waals surface area contributed by atoms with Gasteiger partial charge in [-0.25, -0.2) is 4.98 Å². The van der Waals surface area contributed by atoms with Gasteiger partial charge < -0.3 is 5.32 Å². The lowest BCUT2D eigenvalue weighted by atomic mass is 10.1. The standard InChI is InChI=1S/C19H18N4OS2/c1-12-5-4-6-16(13(12)2)23-9-8-21-19(23)26-14(3)17(24)22-18-15(11-20)7-10-25-18/h4-10,14H,1-3H3,(H,22,24). The van der Waals surface area contributed by atoms with Crippen molar-refractivity contribution in [2.45, 2.75) is 31.2 Å². The number of hydrogen-bond acceptors (Lipinski definition) is 5. The summed E-state index contributed by atoms with van der Waals surface area (Å²) in [5, 5.41) is 14.7. The van der Waals surface area contributed by atoms with E-state index in [4.69, 9.17) is 5.26 Å². The second kappa shape index (κ2) is 7.77. The molecule has 0 aliphatic rings. The van der Waals surface area contributed by atoms with Gasteiger partial charge in [0.15, 0.2) is 5.16 Å². The van der Waals surface area contributed by atoms with Crippen molar-refractivity contribution in [1.29, 1.82) is 5.26 Å². The van der Waals surface area contributed by atoms with Crippen molar-refractivity contribution in [3.63, 3.8) is 0 Å². The first-order chi connectivity index (χ1) is 12.5. The van der Waals surface area contributed by atoms with Gasteiger partial charge in [0.2, 0.25) is 5.91 Å². The Kier molecular flexibility index (Phi) is 5.45. The van der Waals surface area contributed by atoms with Gasteiger partial charge in [-0.2, -0.15) is 5.26 Å². The van der Waals surface area contributed by atoms with E-state index in [1.54, 1.807) is 17.6 Å². The van der Waals surface area contributed by atoms with Crippen LogP contribution in [0.1, 0.15) is 23.6 Å². The Balaban J connectivity index is 1.78. The fourth-order valence-electron chi connectivity index (χ4n) is 2.48. The number of rotatable bonds is 5. The first-order valence-electron chi connectivity index (χ1n) is 8.06. The molecule has 0 saturated heterocycles. The predicted molar refractivity (Wildman–Crippen MR) is 106 cm³/mol. The lowest BCUT2D eigenvalue weighted by molar-refractivity contribution is -0.115. The normalized spacial score (nSPS) is 11.8. The van der Waals surface area contributed by atoms with Crippen molar-refractivity contribution in [2.24, 2.45) is 0 Å². The van der Waals surface area contributed by atoms with Gasteiger partial charge in [0, 0.05) is 12.4 Å². The van der Waals surface area contributed by atoms with Gasteiger partial charge in [-0.1, -0.05) is 23.9 Å². The average molecular weight is 383 g/mol. The summed E-state index contributed by atoms with van der Waals surface area (Å²) in [5.41, 5.74) is 3.93. The smallest absolute Gasteiger partial charge is 0.238 e. The molecule has 0 aliphatic heterocycles. The van der Waals surface area contributed by atoms with Gasteiger partial charge >= 0.3 is 0 Å². The van der Waals surface area contributed by atoms with Crippen LogP contribution in [0.5, 0.6) is 0 Å². The van der Waals surface area contributed by atoms with Crippen molar-refractivity contribution in [2.75, 3.05) is 5.32 Å². The van der Waals surface area contributed by atoms with E-state index >= 15 is 0 Å². The number of carbonyl (C=O) groups is 1. The summed E-state index contributed by atoms with van der Waals surface area (Å²) in [4.78, 5) is 16.9. The molecule has 2 heterocycles. The third-order valence-electron chi connectivity index (χ3n) is 4.12. The first-order valence-corrected chi connectivity index (χ1v) is 9.82. The van der Waals surface area contributed by atoms with Crippen LogP contribution >= 0.6 is 23.1 Å². The highest BCUT2D eigenvalue weighted by Crippen LogP contribution is 2.29. The number of nitrogens with zero attached hydrogens (tertiary/aromatic N) is 3. The van der Waals surface area contributed by atoms with E-state index < -0.39 is 0 Å². The minimum atomic E-state index is -0.352. The molecule has 0 aliphatic carbocycles. The van der Waals surface area contributed by atoms with Crippen LogP contribution < -0.4 is 5.32 Å².